The van der Waals surface area contributed by atoms with E-state index in [0.717, 1.165) is 39.7 Å². The Kier molecular flexibility index (Phi) is 6.41. The number of hydrogen-bond acceptors (Lipinski definition) is 3. The maximum Gasteiger partial charge on any atom is 0.327 e. The lowest BCUT2D eigenvalue weighted by atomic mass is 9.95. The van der Waals surface area contributed by atoms with Crippen molar-refractivity contribution in [3.05, 3.63) is 63.6 Å². The minimum Gasteiger partial charge on any atom is -0.326 e. The van der Waals surface area contributed by atoms with Gasteiger partial charge < -0.3 is 10.2 Å². The second-order valence-electron chi connectivity index (χ2n) is 8.21. The molecule has 1 saturated heterocycles. The van der Waals surface area contributed by atoms with E-state index in [-0.39, 0.29) is 23.9 Å². The van der Waals surface area contributed by atoms with E-state index >= 15 is 0 Å². The summed E-state index contributed by atoms with van der Waals surface area (Å²) in [5.41, 5.74) is 4.13. The molecule has 2 aromatic rings. The van der Waals surface area contributed by atoms with Gasteiger partial charge in [-0.3, -0.25) is 14.5 Å². The van der Waals surface area contributed by atoms with Crippen LogP contribution >= 0.6 is 15.9 Å². The van der Waals surface area contributed by atoms with Crippen molar-refractivity contribution in [1.82, 2.24) is 9.80 Å². The normalized spacial score (nSPS) is 17.5. The molecule has 0 aliphatic carbocycles. The first-order valence-corrected chi connectivity index (χ1v) is 11.5. The molecule has 7 heteroatoms. The fourth-order valence-electron chi connectivity index (χ4n) is 4.26. The number of hydrogen-bond donors (Lipinski definition) is 1. The van der Waals surface area contributed by atoms with E-state index < -0.39 is 0 Å². The molecule has 2 aliphatic rings. The second kappa shape index (κ2) is 9.22. The number of amides is 4. The van der Waals surface area contributed by atoms with Gasteiger partial charge >= 0.3 is 6.03 Å². The SMILES string of the molecule is Cc1cc(NC(=O)CCCCCN2C(=O)C3Cc4ccccc4CN3C2=O)ccc1Br. The number of unbranched alkanes of at least 4 members (excludes halogenated alkanes) is 2. The van der Waals surface area contributed by atoms with Crippen LogP contribution in [0.1, 0.15) is 42.4 Å². The van der Waals surface area contributed by atoms with Crippen molar-refractivity contribution in [2.24, 2.45) is 0 Å². The third-order valence-electron chi connectivity index (χ3n) is 6.00. The second-order valence-corrected chi connectivity index (χ2v) is 9.07. The summed E-state index contributed by atoms with van der Waals surface area (Å²) >= 11 is 3.45. The molecule has 1 unspecified atom stereocenters. The maximum absolute atomic E-state index is 12.8. The van der Waals surface area contributed by atoms with Gasteiger partial charge in [0.05, 0.1) is 0 Å². The van der Waals surface area contributed by atoms with Gasteiger partial charge in [-0.2, -0.15) is 0 Å². The summed E-state index contributed by atoms with van der Waals surface area (Å²) in [7, 11) is 0. The minimum absolute atomic E-state index is 0.0232. The number of halogens is 1. The predicted octanol–water partition coefficient (Wildman–Crippen LogP) is 4.65. The zero-order chi connectivity index (χ0) is 22.0. The Morgan fingerprint density at radius 1 is 1.10 bits per heavy atom. The van der Waals surface area contributed by atoms with Crippen LogP contribution in [0.15, 0.2) is 46.9 Å². The van der Waals surface area contributed by atoms with Crippen molar-refractivity contribution < 1.29 is 14.4 Å². The van der Waals surface area contributed by atoms with Crippen LogP contribution in [-0.2, 0) is 22.6 Å². The quantitative estimate of drug-likeness (QED) is 0.460. The number of benzene rings is 2. The lowest BCUT2D eigenvalue weighted by Gasteiger charge is -2.28. The smallest absolute Gasteiger partial charge is 0.326 e. The van der Waals surface area contributed by atoms with E-state index in [1.165, 1.54) is 4.90 Å². The summed E-state index contributed by atoms with van der Waals surface area (Å²) in [5, 5.41) is 2.91. The van der Waals surface area contributed by atoms with Crippen molar-refractivity contribution >= 4 is 39.5 Å². The Bertz CT molecular complexity index is 980. The highest BCUT2D eigenvalue weighted by molar-refractivity contribution is 9.10. The lowest BCUT2D eigenvalue weighted by molar-refractivity contribution is -0.128. The first-order valence-electron chi connectivity index (χ1n) is 10.7. The topological polar surface area (TPSA) is 69.7 Å². The zero-order valence-corrected chi connectivity index (χ0v) is 19.2. The molecule has 2 aromatic carbocycles. The molecule has 4 amide bonds. The Hall–Kier alpha value is -2.67. The molecule has 0 bridgehead atoms. The summed E-state index contributed by atoms with van der Waals surface area (Å²) in [4.78, 5) is 40.8. The standard InChI is InChI=1S/C24H26BrN3O3/c1-16-13-19(10-11-20(16)25)26-22(29)9-3-2-6-12-27-23(30)21-14-17-7-4-5-8-18(17)15-28(21)24(27)31/h4-5,7-8,10-11,13,21H,2-3,6,9,12,14-15H2,1H3,(H,26,29). The molecule has 2 aliphatic heterocycles. The van der Waals surface area contributed by atoms with Crippen molar-refractivity contribution in [2.75, 3.05) is 11.9 Å². The first kappa shape index (κ1) is 21.6. The summed E-state index contributed by atoms with van der Waals surface area (Å²) in [5.74, 6) is -0.118. The number of nitrogens with zero attached hydrogens (tertiary/aromatic N) is 2. The maximum atomic E-state index is 12.8. The minimum atomic E-state index is -0.373. The highest BCUT2D eigenvalue weighted by atomic mass is 79.9. The molecule has 1 N–H and O–H groups in total. The molecule has 4 rings (SSSR count). The molecule has 0 spiro atoms. The van der Waals surface area contributed by atoms with Gasteiger partial charge in [-0.1, -0.05) is 46.6 Å². The highest BCUT2D eigenvalue weighted by Gasteiger charge is 2.46. The monoisotopic (exact) mass is 483 g/mol. The van der Waals surface area contributed by atoms with Gasteiger partial charge in [-0.05, 0) is 54.7 Å². The average Bonchev–Trinajstić information content (AvgIpc) is 2.98. The number of imide groups is 1. The summed E-state index contributed by atoms with van der Waals surface area (Å²) < 4.78 is 1.01. The van der Waals surface area contributed by atoms with Crippen LogP contribution in [0.2, 0.25) is 0 Å². The Labute approximate surface area is 190 Å². The molecule has 1 atom stereocenters. The zero-order valence-electron chi connectivity index (χ0n) is 17.6. The molecular formula is C24H26BrN3O3. The molecule has 31 heavy (non-hydrogen) atoms. The molecule has 2 heterocycles. The van der Waals surface area contributed by atoms with Gasteiger partial charge in [0.1, 0.15) is 6.04 Å². The summed E-state index contributed by atoms with van der Waals surface area (Å²) in [6.45, 7) is 2.89. The first-order chi connectivity index (χ1) is 14.9. The van der Waals surface area contributed by atoms with Crippen LogP contribution in [0.3, 0.4) is 0 Å². The van der Waals surface area contributed by atoms with E-state index in [2.05, 4.69) is 21.2 Å². The number of carbonyl (C=O) groups excluding carboxylic acids is 3. The molecular weight excluding hydrogens is 458 g/mol. The Morgan fingerprint density at radius 3 is 2.65 bits per heavy atom. The summed E-state index contributed by atoms with van der Waals surface area (Å²) in [6, 6.07) is 13.2. The molecule has 6 nitrogen and oxygen atoms in total. The Balaban J connectivity index is 1.21. The fraction of sp³-hybridized carbons (Fsp3) is 0.375. The molecule has 0 radical (unpaired) electrons. The van der Waals surface area contributed by atoms with Crippen LogP contribution in [0.25, 0.3) is 0 Å². The van der Waals surface area contributed by atoms with Gasteiger partial charge in [0.15, 0.2) is 0 Å². The molecule has 0 saturated carbocycles. The number of rotatable bonds is 7. The van der Waals surface area contributed by atoms with E-state index in [4.69, 9.17) is 0 Å². The number of anilines is 1. The number of urea groups is 1. The van der Waals surface area contributed by atoms with E-state index in [0.29, 0.717) is 32.4 Å². The van der Waals surface area contributed by atoms with Crippen LogP contribution < -0.4 is 5.32 Å². The Morgan fingerprint density at radius 2 is 1.87 bits per heavy atom. The predicted molar refractivity (Wildman–Crippen MR) is 123 cm³/mol. The largest absolute Gasteiger partial charge is 0.327 e. The van der Waals surface area contributed by atoms with Gasteiger partial charge in [-0.25, -0.2) is 4.79 Å². The van der Waals surface area contributed by atoms with Gasteiger partial charge in [0, 0.05) is 36.1 Å². The van der Waals surface area contributed by atoms with Gasteiger partial charge in [-0.15, -0.1) is 0 Å². The van der Waals surface area contributed by atoms with Gasteiger partial charge in [0.2, 0.25) is 5.91 Å². The number of carbonyl (C=O) groups is 3. The number of nitrogens with one attached hydrogen (secondary N) is 1. The fourth-order valence-corrected chi connectivity index (χ4v) is 4.50. The van der Waals surface area contributed by atoms with Gasteiger partial charge in [0.25, 0.3) is 5.91 Å². The van der Waals surface area contributed by atoms with Crippen molar-refractivity contribution in [3.63, 3.8) is 0 Å². The number of aryl methyl sites for hydroxylation is 1. The van der Waals surface area contributed by atoms with Crippen molar-refractivity contribution in [1.29, 1.82) is 0 Å². The van der Waals surface area contributed by atoms with Crippen LogP contribution in [0.4, 0.5) is 10.5 Å². The number of fused-ring (bicyclic) bond motifs is 2. The van der Waals surface area contributed by atoms with Crippen molar-refractivity contribution in [2.45, 2.75) is 51.6 Å². The van der Waals surface area contributed by atoms with E-state index in [9.17, 15) is 14.4 Å². The third-order valence-corrected chi connectivity index (χ3v) is 6.89. The lowest BCUT2D eigenvalue weighted by Crippen LogP contribution is -2.39. The average molecular weight is 484 g/mol. The highest BCUT2D eigenvalue weighted by Crippen LogP contribution is 2.30. The molecule has 0 aromatic heterocycles. The summed E-state index contributed by atoms with van der Waals surface area (Å²) in [6.07, 6.45) is 3.22. The van der Waals surface area contributed by atoms with E-state index in [1.807, 2.05) is 49.4 Å². The van der Waals surface area contributed by atoms with Crippen LogP contribution in [-0.4, -0.2) is 40.2 Å². The van der Waals surface area contributed by atoms with E-state index in [1.54, 1.807) is 4.90 Å². The molecule has 1 fully saturated rings. The van der Waals surface area contributed by atoms with Crippen molar-refractivity contribution in [3.8, 4) is 0 Å². The molecule has 162 valence electrons. The van der Waals surface area contributed by atoms with Crippen LogP contribution in [0.5, 0.6) is 0 Å². The third kappa shape index (κ3) is 4.66. The van der Waals surface area contributed by atoms with Crippen LogP contribution in [0, 0.1) is 6.92 Å².